The highest BCUT2D eigenvalue weighted by molar-refractivity contribution is 7.98. The van der Waals surface area contributed by atoms with Crippen LogP contribution in [0.2, 0.25) is 5.02 Å². The zero-order valence-corrected chi connectivity index (χ0v) is 18.9. The number of hydrogen-bond donors (Lipinski definition) is 1. The zero-order chi connectivity index (χ0) is 21.7. The maximum absolute atomic E-state index is 13.4. The molecule has 0 aliphatic rings. The Labute approximate surface area is 186 Å². The Morgan fingerprint density at radius 1 is 1.00 bits per heavy atom. The molecular formula is C22H21ClN2O3S2. The van der Waals surface area contributed by atoms with E-state index < -0.39 is 15.9 Å². The Hall–Kier alpha value is -2.48. The van der Waals surface area contributed by atoms with Crippen molar-refractivity contribution in [1.82, 2.24) is 0 Å². The first-order valence-electron chi connectivity index (χ1n) is 9.10. The number of thioether (sulfide) groups is 1. The molecule has 0 bridgehead atoms. The molecule has 30 heavy (non-hydrogen) atoms. The molecule has 0 heterocycles. The Bertz CT molecular complexity index is 1150. The van der Waals surface area contributed by atoms with E-state index in [1.165, 1.54) is 23.9 Å². The maximum atomic E-state index is 13.4. The van der Waals surface area contributed by atoms with E-state index >= 15 is 0 Å². The number of hydrogen-bond acceptors (Lipinski definition) is 4. The Morgan fingerprint density at radius 3 is 2.37 bits per heavy atom. The third-order valence-electron chi connectivity index (χ3n) is 4.51. The van der Waals surface area contributed by atoms with Crippen LogP contribution in [-0.2, 0) is 14.8 Å². The minimum atomic E-state index is -3.99. The number of halogens is 1. The number of carbonyl (C=O) groups excluding carboxylic acids is 1. The zero-order valence-electron chi connectivity index (χ0n) is 16.5. The molecule has 156 valence electrons. The van der Waals surface area contributed by atoms with Crippen molar-refractivity contribution in [2.24, 2.45) is 0 Å². The van der Waals surface area contributed by atoms with Gasteiger partial charge >= 0.3 is 0 Å². The summed E-state index contributed by atoms with van der Waals surface area (Å²) < 4.78 is 27.9. The lowest BCUT2D eigenvalue weighted by Gasteiger charge is -2.26. The fourth-order valence-electron chi connectivity index (χ4n) is 2.95. The molecule has 0 spiro atoms. The highest BCUT2D eigenvalue weighted by Gasteiger charge is 2.28. The lowest BCUT2D eigenvalue weighted by molar-refractivity contribution is -0.114. The van der Waals surface area contributed by atoms with Crippen molar-refractivity contribution in [3.05, 3.63) is 83.4 Å². The number of nitrogens with zero attached hydrogens (tertiary/aromatic N) is 1. The van der Waals surface area contributed by atoms with Gasteiger partial charge in [-0.05, 0) is 55.1 Å². The third kappa shape index (κ3) is 4.80. The average molecular weight is 461 g/mol. The van der Waals surface area contributed by atoms with E-state index in [9.17, 15) is 13.2 Å². The Balaban J connectivity index is 2.00. The fourth-order valence-corrected chi connectivity index (χ4v) is 5.18. The van der Waals surface area contributed by atoms with Crippen molar-refractivity contribution < 1.29 is 13.2 Å². The molecule has 5 nitrogen and oxygen atoms in total. The third-order valence-corrected chi connectivity index (χ3v) is 7.49. The van der Waals surface area contributed by atoms with Gasteiger partial charge in [0.2, 0.25) is 5.91 Å². The van der Waals surface area contributed by atoms with Crippen LogP contribution in [0.15, 0.2) is 82.6 Å². The van der Waals surface area contributed by atoms with Gasteiger partial charge in [0.15, 0.2) is 0 Å². The van der Waals surface area contributed by atoms with Crippen LogP contribution in [0.1, 0.15) is 5.56 Å². The first-order valence-corrected chi connectivity index (χ1v) is 12.1. The molecule has 0 radical (unpaired) electrons. The minimum absolute atomic E-state index is 0.0988. The van der Waals surface area contributed by atoms with Crippen LogP contribution >= 0.6 is 23.4 Å². The van der Waals surface area contributed by atoms with E-state index in [4.69, 9.17) is 11.6 Å². The summed E-state index contributed by atoms with van der Waals surface area (Å²) in [4.78, 5) is 13.9. The second-order valence-corrected chi connectivity index (χ2v) is 9.57. The van der Waals surface area contributed by atoms with Crippen LogP contribution < -0.4 is 9.62 Å². The van der Waals surface area contributed by atoms with E-state index in [0.29, 0.717) is 22.0 Å². The van der Waals surface area contributed by atoms with Gasteiger partial charge in [0.05, 0.1) is 16.3 Å². The van der Waals surface area contributed by atoms with Gasteiger partial charge in [-0.15, -0.1) is 11.8 Å². The summed E-state index contributed by atoms with van der Waals surface area (Å²) in [6.45, 7) is 1.34. The standard InChI is InChI=1S/C22H21ClN2O3S2/c1-16-18(23)11-8-13-20(16)25(30(27,28)17-9-4-3-5-10-17)15-22(26)24-19-12-6-7-14-21(19)29-2/h3-14H,15H2,1-2H3,(H,24,26). The summed E-state index contributed by atoms with van der Waals surface area (Å²) in [6.07, 6.45) is 1.91. The van der Waals surface area contributed by atoms with Crippen LogP contribution in [0.25, 0.3) is 0 Å². The molecule has 0 aliphatic heterocycles. The van der Waals surface area contributed by atoms with E-state index in [2.05, 4.69) is 5.32 Å². The predicted octanol–water partition coefficient (Wildman–Crippen LogP) is 5.20. The van der Waals surface area contributed by atoms with Gasteiger partial charge in [0.1, 0.15) is 6.54 Å². The summed E-state index contributed by atoms with van der Waals surface area (Å²) in [7, 11) is -3.99. The molecule has 0 fully saturated rings. The molecular weight excluding hydrogens is 440 g/mol. The number of rotatable bonds is 7. The molecule has 0 unspecified atom stereocenters. The number of benzene rings is 3. The summed E-state index contributed by atoms with van der Waals surface area (Å²) in [6, 6.07) is 20.4. The van der Waals surface area contributed by atoms with E-state index in [1.54, 1.807) is 49.4 Å². The number of nitrogens with one attached hydrogen (secondary N) is 1. The van der Waals surface area contributed by atoms with Crippen molar-refractivity contribution in [1.29, 1.82) is 0 Å². The quantitative estimate of drug-likeness (QED) is 0.492. The molecule has 0 aromatic heterocycles. The lowest BCUT2D eigenvalue weighted by atomic mass is 10.2. The normalized spacial score (nSPS) is 11.2. The van der Waals surface area contributed by atoms with Crippen molar-refractivity contribution in [3.8, 4) is 0 Å². The Morgan fingerprint density at radius 2 is 1.67 bits per heavy atom. The molecule has 3 aromatic carbocycles. The second kappa shape index (κ2) is 9.55. The van der Waals surface area contributed by atoms with Crippen molar-refractivity contribution in [2.45, 2.75) is 16.7 Å². The van der Waals surface area contributed by atoms with Crippen molar-refractivity contribution >= 4 is 50.7 Å². The van der Waals surface area contributed by atoms with Gasteiger partial charge in [-0.25, -0.2) is 8.42 Å². The second-order valence-electron chi connectivity index (χ2n) is 6.46. The van der Waals surface area contributed by atoms with Gasteiger partial charge < -0.3 is 5.32 Å². The summed E-state index contributed by atoms with van der Waals surface area (Å²) in [5.41, 5.74) is 1.57. The number of anilines is 2. The Kier molecular flexibility index (Phi) is 7.07. The number of sulfonamides is 1. The molecule has 8 heteroatoms. The largest absolute Gasteiger partial charge is 0.323 e. The topological polar surface area (TPSA) is 66.5 Å². The monoisotopic (exact) mass is 460 g/mol. The predicted molar refractivity (Wildman–Crippen MR) is 124 cm³/mol. The van der Waals surface area contributed by atoms with Gasteiger partial charge in [-0.2, -0.15) is 0 Å². The smallest absolute Gasteiger partial charge is 0.264 e. The van der Waals surface area contributed by atoms with Crippen molar-refractivity contribution in [3.63, 3.8) is 0 Å². The number of para-hydroxylation sites is 1. The molecule has 0 saturated heterocycles. The van der Waals surface area contributed by atoms with Gasteiger partial charge in [0.25, 0.3) is 10.0 Å². The molecule has 3 aromatic rings. The van der Waals surface area contributed by atoms with Crippen LogP contribution in [-0.4, -0.2) is 27.1 Å². The van der Waals surface area contributed by atoms with E-state index in [0.717, 1.165) is 9.20 Å². The fraction of sp³-hybridized carbons (Fsp3) is 0.136. The minimum Gasteiger partial charge on any atom is -0.323 e. The number of carbonyl (C=O) groups is 1. The van der Waals surface area contributed by atoms with Crippen molar-refractivity contribution in [2.75, 3.05) is 22.4 Å². The van der Waals surface area contributed by atoms with Crippen LogP contribution in [0.5, 0.6) is 0 Å². The summed E-state index contributed by atoms with van der Waals surface area (Å²) in [5.74, 6) is -0.449. The number of amides is 1. The van der Waals surface area contributed by atoms with Crippen LogP contribution in [0, 0.1) is 6.92 Å². The van der Waals surface area contributed by atoms with Gasteiger partial charge in [0, 0.05) is 9.92 Å². The van der Waals surface area contributed by atoms with Crippen LogP contribution in [0.4, 0.5) is 11.4 Å². The maximum Gasteiger partial charge on any atom is 0.264 e. The summed E-state index contributed by atoms with van der Waals surface area (Å²) in [5, 5.41) is 3.25. The van der Waals surface area contributed by atoms with Crippen LogP contribution in [0.3, 0.4) is 0 Å². The molecule has 3 rings (SSSR count). The average Bonchev–Trinajstić information content (AvgIpc) is 2.75. The lowest BCUT2D eigenvalue weighted by Crippen LogP contribution is -2.38. The highest BCUT2D eigenvalue weighted by atomic mass is 35.5. The van der Waals surface area contributed by atoms with Gasteiger partial charge in [-0.1, -0.05) is 48.0 Å². The molecule has 0 atom stereocenters. The molecule has 1 amide bonds. The highest BCUT2D eigenvalue weighted by Crippen LogP contribution is 2.31. The van der Waals surface area contributed by atoms with E-state index in [-0.39, 0.29) is 11.4 Å². The molecule has 0 aliphatic carbocycles. The first-order chi connectivity index (χ1) is 14.3. The summed E-state index contributed by atoms with van der Waals surface area (Å²) >= 11 is 7.73. The SMILES string of the molecule is CSc1ccccc1NC(=O)CN(c1cccc(Cl)c1C)S(=O)(=O)c1ccccc1. The van der Waals surface area contributed by atoms with E-state index in [1.807, 2.05) is 24.5 Å². The molecule has 1 N–H and O–H groups in total. The van der Waals surface area contributed by atoms with Gasteiger partial charge in [-0.3, -0.25) is 9.10 Å². The first kappa shape index (κ1) is 22.2. The molecule has 0 saturated carbocycles.